The Labute approximate surface area is 53.6 Å². The SMILES string of the molecule is FC=C(F)C(F)=C(F)CF. The summed E-state index contributed by atoms with van der Waals surface area (Å²) in [5, 5.41) is 0. The molecule has 0 spiro atoms. The molecule has 5 heteroatoms. The van der Waals surface area contributed by atoms with Crippen molar-refractivity contribution in [1.29, 1.82) is 0 Å². The second-order valence-electron chi connectivity index (χ2n) is 1.31. The topological polar surface area (TPSA) is 0 Å². The van der Waals surface area contributed by atoms with Crippen LogP contribution in [0.4, 0.5) is 22.0 Å². The predicted octanol–water partition coefficient (Wildman–Crippen LogP) is 2.89. The van der Waals surface area contributed by atoms with E-state index in [4.69, 9.17) is 0 Å². The zero-order chi connectivity index (χ0) is 8.15. The molecule has 58 valence electrons. The number of hydrogen-bond acceptors (Lipinski definition) is 0. The Morgan fingerprint density at radius 3 is 2.00 bits per heavy atom. The summed E-state index contributed by atoms with van der Waals surface area (Å²) in [7, 11) is 0. The van der Waals surface area contributed by atoms with Gasteiger partial charge in [-0.3, -0.25) is 0 Å². The Balaban J connectivity index is 4.46. The fraction of sp³-hybridized carbons (Fsp3) is 0.200. The molecule has 0 amide bonds. The van der Waals surface area contributed by atoms with E-state index < -0.39 is 30.5 Å². The molecular weight excluding hydrogens is 155 g/mol. The van der Waals surface area contributed by atoms with Crippen LogP contribution in [0.25, 0.3) is 0 Å². The van der Waals surface area contributed by atoms with E-state index in [9.17, 15) is 22.0 Å². The van der Waals surface area contributed by atoms with E-state index in [1.807, 2.05) is 0 Å². The van der Waals surface area contributed by atoms with E-state index in [0.717, 1.165) is 0 Å². The van der Waals surface area contributed by atoms with Gasteiger partial charge < -0.3 is 0 Å². The Hall–Kier alpha value is -0.870. The highest BCUT2D eigenvalue weighted by Gasteiger charge is 2.10. The van der Waals surface area contributed by atoms with Crippen molar-refractivity contribution in [2.24, 2.45) is 0 Å². The van der Waals surface area contributed by atoms with Gasteiger partial charge >= 0.3 is 0 Å². The van der Waals surface area contributed by atoms with Crippen molar-refractivity contribution in [2.75, 3.05) is 6.67 Å². The van der Waals surface area contributed by atoms with Crippen LogP contribution in [-0.4, -0.2) is 6.67 Å². The van der Waals surface area contributed by atoms with Gasteiger partial charge in [0.25, 0.3) is 0 Å². The zero-order valence-electron chi connectivity index (χ0n) is 4.67. The summed E-state index contributed by atoms with van der Waals surface area (Å²) in [5.41, 5.74) is 0. The van der Waals surface area contributed by atoms with Crippen molar-refractivity contribution < 1.29 is 22.0 Å². The first-order valence-electron chi connectivity index (χ1n) is 2.19. The minimum atomic E-state index is -2.13. The molecule has 0 atom stereocenters. The van der Waals surface area contributed by atoms with Crippen LogP contribution in [-0.2, 0) is 0 Å². The van der Waals surface area contributed by atoms with E-state index in [-0.39, 0.29) is 0 Å². The minimum absolute atomic E-state index is 0.787. The third-order valence-corrected chi connectivity index (χ3v) is 0.661. The van der Waals surface area contributed by atoms with Crippen molar-refractivity contribution in [3.63, 3.8) is 0 Å². The van der Waals surface area contributed by atoms with E-state index >= 15 is 0 Å². The number of alkyl halides is 1. The molecule has 0 rings (SSSR count). The lowest BCUT2D eigenvalue weighted by Gasteiger charge is -1.90. The average molecular weight is 158 g/mol. The van der Waals surface area contributed by atoms with Crippen molar-refractivity contribution in [3.05, 3.63) is 23.8 Å². The molecule has 0 aromatic heterocycles. The van der Waals surface area contributed by atoms with Gasteiger partial charge in [0, 0.05) is 0 Å². The maximum absolute atomic E-state index is 11.8. The summed E-state index contributed by atoms with van der Waals surface area (Å²) >= 11 is 0. The second-order valence-corrected chi connectivity index (χ2v) is 1.31. The smallest absolute Gasteiger partial charge is 0.195 e. The molecule has 0 aromatic rings. The summed E-state index contributed by atoms with van der Waals surface area (Å²) < 4.78 is 57.2. The van der Waals surface area contributed by atoms with Gasteiger partial charge in [0.05, 0.1) is 0 Å². The van der Waals surface area contributed by atoms with E-state index in [1.165, 1.54) is 0 Å². The summed E-state index contributed by atoms with van der Waals surface area (Å²) in [6.07, 6.45) is -0.787. The molecule has 0 fully saturated rings. The molecule has 10 heavy (non-hydrogen) atoms. The van der Waals surface area contributed by atoms with Crippen LogP contribution in [0.15, 0.2) is 23.8 Å². The van der Waals surface area contributed by atoms with Gasteiger partial charge in [-0.2, -0.15) is 0 Å². The number of allylic oxidation sites excluding steroid dienone is 3. The summed E-state index contributed by atoms with van der Waals surface area (Å²) in [6.45, 7) is -1.78. The molecular formula is C5H3F5. The summed E-state index contributed by atoms with van der Waals surface area (Å²) in [5.74, 6) is -6.13. The van der Waals surface area contributed by atoms with Gasteiger partial charge in [-0.1, -0.05) is 0 Å². The largest absolute Gasteiger partial charge is 0.243 e. The Morgan fingerprint density at radius 2 is 1.70 bits per heavy atom. The Kier molecular flexibility index (Phi) is 3.68. The number of halogens is 5. The highest BCUT2D eigenvalue weighted by atomic mass is 19.2. The van der Waals surface area contributed by atoms with Crippen LogP contribution in [0.5, 0.6) is 0 Å². The fourth-order valence-corrected chi connectivity index (χ4v) is 0.236. The Bertz CT molecular complexity index is 169. The quantitative estimate of drug-likeness (QED) is 0.428. The van der Waals surface area contributed by atoms with Crippen LogP contribution in [0, 0.1) is 0 Å². The van der Waals surface area contributed by atoms with Crippen LogP contribution in [0.3, 0.4) is 0 Å². The molecule has 0 bridgehead atoms. The molecule has 0 N–H and O–H groups in total. The highest BCUT2D eigenvalue weighted by molar-refractivity contribution is 5.19. The maximum Gasteiger partial charge on any atom is 0.195 e. The molecule has 0 saturated carbocycles. The zero-order valence-corrected chi connectivity index (χ0v) is 4.67. The van der Waals surface area contributed by atoms with E-state index in [0.29, 0.717) is 0 Å². The number of hydrogen-bond donors (Lipinski definition) is 0. The van der Waals surface area contributed by atoms with Crippen molar-refractivity contribution in [1.82, 2.24) is 0 Å². The standard InChI is InChI=1S/C5H3F5/c6-1-3(8)5(10)4(9)2-7/h1H,2H2. The lowest BCUT2D eigenvalue weighted by Crippen LogP contribution is -1.83. The molecule has 0 aliphatic rings. The highest BCUT2D eigenvalue weighted by Crippen LogP contribution is 2.18. The van der Waals surface area contributed by atoms with Crippen molar-refractivity contribution in [2.45, 2.75) is 0 Å². The van der Waals surface area contributed by atoms with Crippen LogP contribution in [0.2, 0.25) is 0 Å². The lowest BCUT2D eigenvalue weighted by atomic mass is 10.4. The predicted molar refractivity (Wildman–Crippen MR) is 25.5 cm³/mol. The summed E-state index contributed by atoms with van der Waals surface area (Å²) in [4.78, 5) is 0. The molecule has 0 radical (unpaired) electrons. The van der Waals surface area contributed by atoms with Gasteiger partial charge in [0.2, 0.25) is 0 Å². The molecule has 0 unspecified atom stereocenters. The van der Waals surface area contributed by atoms with E-state index in [2.05, 4.69) is 0 Å². The van der Waals surface area contributed by atoms with Gasteiger partial charge in [-0.05, 0) is 0 Å². The molecule has 0 aliphatic carbocycles. The maximum atomic E-state index is 11.8. The lowest BCUT2D eigenvalue weighted by molar-refractivity contribution is 0.415. The van der Waals surface area contributed by atoms with Crippen LogP contribution < -0.4 is 0 Å². The van der Waals surface area contributed by atoms with Crippen molar-refractivity contribution >= 4 is 0 Å². The third-order valence-electron chi connectivity index (χ3n) is 0.661. The van der Waals surface area contributed by atoms with Crippen LogP contribution in [0.1, 0.15) is 0 Å². The Morgan fingerprint density at radius 1 is 1.20 bits per heavy atom. The van der Waals surface area contributed by atoms with Gasteiger partial charge in [-0.15, -0.1) is 0 Å². The van der Waals surface area contributed by atoms with E-state index in [1.54, 1.807) is 0 Å². The first kappa shape index (κ1) is 9.13. The molecule has 0 heterocycles. The minimum Gasteiger partial charge on any atom is -0.243 e. The summed E-state index contributed by atoms with van der Waals surface area (Å²) in [6, 6.07) is 0. The van der Waals surface area contributed by atoms with Gasteiger partial charge in [0.15, 0.2) is 17.5 Å². The molecule has 0 saturated heterocycles. The first-order chi connectivity index (χ1) is 4.63. The van der Waals surface area contributed by atoms with Crippen LogP contribution >= 0.6 is 0 Å². The average Bonchev–Trinajstić information content (AvgIpc) is 2.00. The molecule has 0 aromatic carbocycles. The first-order valence-corrected chi connectivity index (χ1v) is 2.19. The van der Waals surface area contributed by atoms with Gasteiger partial charge in [0.1, 0.15) is 13.0 Å². The number of rotatable bonds is 2. The normalized spacial score (nSPS) is 15.1. The fourth-order valence-electron chi connectivity index (χ4n) is 0.236. The van der Waals surface area contributed by atoms with Gasteiger partial charge in [-0.25, -0.2) is 22.0 Å². The van der Waals surface area contributed by atoms with Crippen molar-refractivity contribution in [3.8, 4) is 0 Å². The second kappa shape index (κ2) is 4.03. The third kappa shape index (κ3) is 2.16. The molecule has 0 nitrogen and oxygen atoms in total. The molecule has 0 aliphatic heterocycles. The monoisotopic (exact) mass is 158 g/mol.